The lowest BCUT2D eigenvalue weighted by molar-refractivity contribution is -0.207. The van der Waals surface area contributed by atoms with Gasteiger partial charge in [0, 0.05) is 6.54 Å². The van der Waals surface area contributed by atoms with Gasteiger partial charge in [-0.05, 0) is 19.9 Å². The average molecular weight is 307 g/mol. The highest BCUT2D eigenvalue weighted by Gasteiger charge is 2.39. The summed E-state index contributed by atoms with van der Waals surface area (Å²) < 4.78 is 36.6. The fraction of sp³-hybridized carbons (Fsp3) is 0.846. The summed E-state index contributed by atoms with van der Waals surface area (Å²) in [7, 11) is 1.31. The molecule has 0 saturated heterocycles. The van der Waals surface area contributed by atoms with Crippen molar-refractivity contribution in [3.8, 4) is 6.07 Å². The Balaban J connectivity index is 2.47. The van der Waals surface area contributed by atoms with Gasteiger partial charge in [0.05, 0.1) is 12.6 Å². The average Bonchev–Trinajstić information content (AvgIpc) is 2.38. The van der Waals surface area contributed by atoms with Gasteiger partial charge in [0.1, 0.15) is 5.54 Å². The highest BCUT2D eigenvalue weighted by atomic mass is 19.4. The van der Waals surface area contributed by atoms with Crippen LogP contribution in [0.4, 0.5) is 13.2 Å². The Morgan fingerprint density at radius 2 is 2.00 bits per heavy atom. The molecular weight excluding hydrogens is 287 g/mol. The second kappa shape index (κ2) is 7.09. The van der Waals surface area contributed by atoms with Crippen molar-refractivity contribution in [2.75, 3.05) is 20.1 Å². The van der Waals surface area contributed by atoms with Gasteiger partial charge < -0.3 is 10.4 Å². The molecule has 1 fully saturated rings. The highest BCUT2D eigenvalue weighted by molar-refractivity contribution is 5.79. The minimum atomic E-state index is -4.71. The zero-order valence-corrected chi connectivity index (χ0v) is 11.9. The molecule has 0 aromatic carbocycles. The summed E-state index contributed by atoms with van der Waals surface area (Å²) in [5.74, 6) is -0.504. The molecule has 0 aliphatic heterocycles. The zero-order chi connectivity index (χ0) is 16.1. The Hall–Kier alpha value is -1.33. The van der Waals surface area contributed by atoms with Crippen LogP contribution in [-0.4, -0.2) is 53.9 Å². The molecule has 1 amide bonds. The van der Waals surface area contributed by atoms with Crippen LogP contribution in [0.2, 0.25) is 0 Å². The number of carbonyl (C=O) groups excluding carboxylic acids is 1. The van der Waals surface area contributed by atoms with E-state index in [9.17, 15) is 23.2 Å². The lowest BCUT2D eigenvalue weighted by Crippen LogP contribution is -2.52. The summed E-state index contributed by atoms with van der Waals surface area (Å²) >= 11 is 0. The third kappa shape index (κ3) is 5.52. The van der Waals surface area contributed by atoms with E-state index in [0.717, 1.165) is 24.2 Å². The number of nitrogens with zero attached hydrogens (tertiary/aromatic N) is 2. The number of halogens is 3. The van der Waals surface area contributed by atoms with Gasteiger partial charge >= 0.3 is 6.18 Å². The molecule has 2 N–H and O–H groups in total. The van der Waals surface area contributed by atoms with Crippen LogP contribution in [-0.2, 0) is 4.79 Å². The summed E-state index contributed by atoms with van der Waals surface area (Å²) in [6.45, 7) is -0.979. The molecular formula is C13H20F3N3O2. The Kier molecular flexibility index (Phi) is 5.98. The smallest absolute Gasteiger partial charge is 0.382 e. The third-order valence-corrected chi connectivity index (χ3v) is 3.58. The van der Waals surface area contributed by atoms with Crippen LogP contribution in [0.25, 0.3) is 0 Å². The van der Waals surface area contributed by atoms with Crippen molar-refractivity contribution >= 4 is 5.91 Å². The largest absolute Gasteiger partial charge is 0.415 e. The monoisotopic (exact) mass is 307 g/mol. The second-order valence-electron chi connectivity index (χ2n) is 5.56. The van der Waals surface area contributed by atoms with Crippen molar-refractivity contribution in [3.63, 3.8) is 0 Å². The normalized spacial score (nSPS) is 19.9. The first-order valence-electron chi connectivity index (χ1n) is 6.84. The lowest BCUT2D eigenvalue weighted by Gasteiger charge is -2.32. The Morgan fingerprint density at radius 3 is 2.48 bits per heavy atom. The predicted octanol–water partition coefficient (Wildman–Crippen LogP) is 1.18. The number of nitriles is 1. The Morgan fingerprint density at radius 1 is 1.43 bits per heavy atom. The fourth-order valence-corrected chi connectivity index (χ4v) is 2.43. The van der Waals surface area contributed by atoms with Crippen LogP contribution in [0, 0.1) is 11.3 Å². The number of hydrogen-bond acceptors (Lipinski definition) is 4. The minimum Gasteiger partial charge on any atom is -0.382 e. The van der Waals surface area contributed by atoms with Gasteiger partial charge in [-0.1, -0.05) is 19.3 Å². The molecule has 1 aliphatic rings. The van der Waals surface area contributed by atoms with Crippen LogP contribution in [0.1, 0.15) is 32.1 Å². The van der Waals surface area contributed by atoms with E-state index in [0.29, 0.717) is 12.8 Å². The predicted molar refractivity (Wildman–Crippen MR) is 69.1 cm³/mol. The maximum absolute atomic E-state index is 12.2. The number of alkyl halides is 3. The van der Waals surface area contributed by atoms with Crippen molar-refractivity contribution in [2.24, 2.45) is 0 Å². The van der Waals surface area contributed by atoms with E-state index >= 15 is 0 Å². The van der Waals surface area contributed by atoms with Gasteiger partial charge in [-0.25, -0.2) is 0 Å². The summed E-state index contributed by atoms with van der Waals surface area (Å²) in [6, 6.07) is 2.11. The van der Waals surface area contributed by atoms with Crippen molar-refractivity contribution in [2.45, 2.75) is 49.9 Å². The summed E-state index contributed by atoms with van der Waals surface area (Å²) in [6.07, 6.45) is -3.38. The molecule has 0 aromatic rings. The van der Waals surface area contributed by atoms with Crippen LogP contribution in [0.15, 0.2) is 0 Å². The van der Waals surface area contributed by atoms with Crippen LogP contribution in [0.5, 0.6) is 0 Å². The van der Waals surface area contributed by atoms with Gasteiger partial charge in [-0.3, -0.25) is 9.69 Å². The first-order valence-corrected chi connectivity index (χ1v) is 6.84. The van der Waals surface area contributed by atoms with Gasteiger partial charge in [-0.15, -0.1) is 0 Å². The zero-order valence-electron chi connectivity index (χ0n) is 11.9. The van der Waals surface area contributed by atoms with Crippen molar-refractivity contribution < 1.29 is 23.1 Å². The number of aliphatic hydroxyl groups excluding tert-OH is 1. The highest BCUT2D eigenvalue weighted by Crippen LogP contribution is 2.27. The quantitative estimate of drug-likeness (QED) is 0.800. The Labute approximate surface area is 121 Å². The standard InChI is InChI=1S/C13H20F3N3O2/c1-19(7-10(20)13(14,15)16)8-11(21)18-12(9-17)5-3-2-4-6-12/h10,20H,2-8H2,1H3,(H,18,21). The van der Waals surface area contributed by atoms with Crippen LogP contribution >= 0.6 is 0 Å². The number of amides is 1. The van der Waals surface area contributed by atoms with Crippen molar-refractivity contribution in [3.05, 3.63) is 0 Å². The minimum absolute atomic E-state index is 0.295. The summed E-state index contributed by atoms with van der Waals surface area (Å²) in [4.78, 5) is 12.9. The number of carbonyl (C=O) groups is 1. The van der Waals surface area contributed by atoms with Crippen molar-refractivity contribution in [1.82, 2.24) is 10.2 Å². The van der Waals surface area contributed by atoms with Crippen LogP contribution in [0.3, 0.4) is 0 Å². The summed E-state index contributed by atoms with van der Waals surface area (Å²) in [5.41, 5.74) is -0.904. The summed E-state index contributed by atoms with van der Waals surface area (Å²) in [5, 5.41) is 20.8. The molecule has 1 saturated carbocycles. The molecule has 0 heterocycles. The third-order valence-electron chi connectivity index (χ3n) is 3.58. The molecule has 5 nitrogen and oxygen atoms in total. The number of aliphatic hydroxyl groups is 1. The van der Waals surface area contributed by atoms with E-state index in [-0.39, 0.29) is 6.54 Å². The number of hydrogen-bond donors (Lipinski definition) is 2. The molecule has 0 bridgehead atoms. The number of rotatable bonds is 5. The molecule has 0 aromatic heterocycles. The van der Waals surface area contributed by atoms with E-state index in [1.807, 2.05) is 0 Å². The molecule has 0 spiro atoms. The number of likely N-dealkylation sites (N-methyl/N-ethyl adjacent to an activating group) is 1. The SMILES string of the molecule is CN(CC(=O)NC1(C#N)CCCCC1)CC(O)C(F)(F)F. The number of nitrogens with one attached hydrogen (secondary N) is 1. The molecule has 21 heavy (non-hydrogen) atoms. The van der Waals surface area contributed by atoms with Gasteiger partial charge in [0.15, 0.2) is 6.10 Å². The van der Waals surface area contributed by atoms with E-state index in [1.54, 1.807) is 0 Å². The van der Waals surface area contributed by atoms with Gasteiger partial charge in [-0.2, -0.15) is 18.4 Å². The maximum Gasteiger partial charge on any atom is 0.415 e. The molecule has 1 aliphatic carbocycles. The van der Waals surface area contributed by atoms with E-state index in [2.05, 4.69) is 11.4 Å². The van der Waals surface area contributed by atoms with Gasteiger partial charge in [0.25, 0.3) is 0 Å². The molecule has 1 unspecified atom stereocenters. The van der Waals surface area contributed by atoms with E-state index < -0.39 is 30.3 Å². The van der Waals surface area contributed by atoms with Crippen molar-refractivity contribution in [1.29, 1.82) is 5.26 Å². The second-order valence-corrected chi connectivity index (χ2v) is 5.56. The van der Waals surface area contributed by atoms with Crippen LogP contribution < -0.4 is 5.32 Å². The van der Waals surface area contributed by atoms with Gasteiger partial charge in [0.2, 0.25) is 5.91 Å². The Bertz CT molecular complexity index is 400. The molecule has 120 valence electrons. The first kappa shape index (κ1) is 17.7. The van der Waals surface area contributed by atoms with E-state index in [4.69, 9.17) is 5.11 Å². The first-order chi connectivity index (χ1) is 9.68. The molecule has 8 heteroatoms. The molecule has 1 atom stereocenters. The molecule has 0 radical (unpaired) electrons. The van der Waals surface area contributed by atoms with E-state index in [1.165, 1.54) is 7.05 Å². The lowest BCUT2D eigenvalue weighted by atomic mass is 9.83. The molecule has 1 rings (SSSR count). The maximum atomic E-state index is 12.2. The topological polar surface area (TPSA) is 76.4 Å². The fourth-order valence-electron chi connectivity index (χ4n) is 2.43.